The van der Waals surface area contributed by atoms with Gasteiger partial charge in [-0.3, -0.25) is 4.52 Å². The Balaban J connectivity index is 1.61. The molecule has 0 aliphatic heterocycles. The minimum atomic E-state index is -2.95. The lowest BCUT2D eigenvalue weighted by Crippen LogP contribution is -2.19. The molecule has 0 saturated carbocycles. The molecule has 2 rings (SSSR count). The zero-order chi connectivity index (χ0) is 34.2. The van der Waals surface area contributed by atoms with Crippen molar-refractivity contribution in [1.29, 1.82) is 0 Å². The Morgan fingerprint density at radius 3 is 2.11 bits per heavy atom. The van der Waals surface area contributed by atoms with Gasteiger partial charge in [-0.15, -0.1) is 0 Å². The second-order valence-corrected chi connectivity index (χ2v) is 15.9. The van der Waals surface area contributed by atoms with Crippen molar-refractivity contribution in [3.05, 3.63) is 12.7 Å². The molecule has 2 heterocycles. The van der Waals surface area contributed by atoms with Crippen molar-refractivity contribution >= 4 is 41.4 Å². The third kappa shape index (κ3) is 19.0. The molecule has 2 aromatic heterocycles. The molecule has 0 fully saturated rings. The summed E-state index contributed by atoms with van der Waals surface area (Å²) in [6.45, 7) is 6.40. The molecule has 12 nitrogen and oxygen atoms in total. The van der Waals surface area contributed by atoms with Crippen molar-refractivity contribution in [1.82, 2.24) is 19.5 Å². The Morgan fingerprint density at radius 1 is 0.851 bits per heavy atom. The fourth-order valence-corrected chi connectivity index (χ4v) is 6.76. The van der Waals surface area contributed by atoms with Gasteiger partial charge in [-0.25, -0.2) is 19.7 Å². The number of hydrogen-bond donors (Lipinski definition) is 1. The number of aromatic nitrogens is 4. The van der Waals surface area contributed by atoms with Crippen LogP contribution in [0.2, 0.25) is 0 Å². The van der Waals surface area contributed by atoms with Crippen LogP contribution in [-0.2, 0) is 46.3 Å². The summed E-state index contributed by atoms with van der Waals surface area (Å²) in [5.41, 5.74) is 7.05. The summed E-state index contributed by atoms with van der Waals surface area (Å²) in [6.07, 6.45) is 21.0. The van der Waals surface area contributed by atoms with Crippen molar-refractivity contribution in [2.45, 2.75) is 143 Å². The molecule has 14 heteroatoms. The molecular weight excluding hydrogens is 641 g/mol. The summed E-state index contributed by atoms with van der Waals surface area (Å²) in [4.78, 5) is 24.3. The van der Waals surface area contributed by atoms with E-state index < -0.39 is 19.4 Å². The smallest absolute Gasteiger partial charge is 0.432 e. The standard InChI is InChI=1S/C33H60N5O7PS/c1-5-6-7-8-9-10-11-12-13-14-15-16-17-18-20-40-21-19-22-43-46(47,44-26-41-33(39)45-28(2)3)27-42-29(4)23-38-25-37-30-31(34)35-24-36-32(30)38/h24-25,28-29H,5-23,26-27H2,1-4H3,(H2,34,35,36)/t29-,46?/m1/s1. The van der Waals surface area contributed by atoms with Crippen LogP contribution in [0.25, 0.3) is 11.2 Å². The number of anilines is 1. The van der Waals surface area contributed by atoms with Gasteiger partial charge in [0.15, 0.2) is 11.5 Å². The molecule has 0 radical (unpaired) electrons. The molecule has 2 atom stereocenters. The van der Waals surface area contributed by atoms with Crippen molar-refractivity contribution in [2.75, 3.05) is 38.7 Å². The van der Waals surface area contributed by atoms with Crippen LogP contribution in [0.15, 0.2) is 12.7 Å². The van der Waals surface area contributed by atoms with Crippen molar-refractivity contribution in [2.24, 2.45) is 0 Å². The number of fused-ring (bicyclic) bond motifs is 1. The molecule has 0 saturated heterocycles. The summed E-state index contributed by atoms with van der Waals surface area (Å²) in [5.74, 6) is 0.319. The van der Waals surface area contributed by atoms with Crippen LogP contribution in [0.3, 0.4) is 0 Å². The van der Waals surface area contributed by atoms with Crippen LogP contribution < -0.4 is 5.73 Å². The SMILES string of the molecule is CCCCCCCCCCCCCCCCOCCCOP(=S)(CO[C@H](C)Cn1cnc2c(N)ncnc21)OCOC(=O)OC(C)C. The van der Waals surface area contributed by atoms with Gasteiger partial charge < -0.3 is 33.8 Å². The van der Waals surface area contributed by atoms with Crippen LogP contribution in [0.4, 0.5) is 10.6 Å². The van der Waals surface area contributed by atoms with E-state index in [-0.39, 0.29) is 18.6 Å². The van der Waals surface area contributed by atoms with E-state index in [1.165, 1.54) is 89.8 Å². The van der Waals surface area contributed by atoms with Crippen LogP contribution in [-0.4, -0.2) is 70.8 Å². The first-order chi connectivity index (χ1) is 22.7. The van der Waals surface area contributed by atoms with E-state index in [9.17, 15) is 4.79 Å². The number of carbonyl (C=O) groups is 1. The maximum Gasteiger partial charge on any atom is 0.510 e. The lowest BCUT2D eigenvalue weighted by molar-refractivity contribution is -0.0132. The van der Waals surface area contributed by atoms with E-state index in [0.29, 0.717) is 43.2 Å². The molecule has 0 amide bonds. The van der Waals surface area contributed by atoms with Gasteiger partial charge in [0.2, 0.25) is 13.3 Å². The second-order valence-electron chi connectivity index (χ2n) is 12.2. The molecule has 0 spiro atoms. The van der Waals surface area contributed by atoms with Gasteiger partial charge in [-0.05, 0) is 45.4 Å². The van der Waals surface area contributed by atoms with E-state index in [4.69, 9.17) is 45.5 Å². The maximum atomic E-state index is 11.8. The predicted molar refractivity (Wildman–Crippen MR) is 190 cm³/mol. The summed E-state index contributed by atoms with van der Waals surface area (Å²) in [7, 11) is 0. The lowest BCUT2D eigenvalue weighted by atomic mass is 10.0. The van der Waals surface area contributed by atoms with E-state index in [0.717, 1.165) is 13.0 Å². The molecule has 47 heavy (non-hydrogen) atoms. The number of hydrogen-bond acceptors (Lipinski definition) is 12. The number of unbranched alkanes of at least 4 members (excludes halogenated alkanes) is 13. The van der Waals surface area contributed by atoms with E-state index in [2.05, 4.69) is 21.9 Å². The zero-order valence-corrected chi connectivity index (χ0v) is 30.9. The first-order valence-electron chi connectivity index (χ1n) is 17.6. The number of nitrogen functional groups attached to an aromatic ring is 1. The molecule has 0 bridgehead atoms. The minimum Gasteiger partial charge on any atom is -0.432 e. The molecule has 270 valence electrons. The quantitative estimate of drug-likeness (QED) is 0.0376. The number of rotatable bonds is 29. The number of imidazole rings is 1. The van der Waals surface area contributed by atoms with Gasteiger partial charge in [0, 0.05) is 13.2 Å². The van der Waals surface area contributed by atoms with Crippen LogP contribution in [0.5, 0.6) is 0 Å². The van der Waals surface area contributed by atoms with E-state index >= 15 is 0 Å². The number of ether oxygens (including phenoxy) is 4. The van der Waals surface area contributed by atoms with Crippen LogP contribution in [0, 0.1) is 0 Å². The number of nitrogens with two attached hydrogens (primary N) is 1. The van der Waals surface area contributed by atoms with Crippen molar-refractivity contribution in [3.8, 4) is 0 Å². The van der Waals surface area contributed by atoms with Gasteiger partial charge in [0.1, 0.15) is 18.2 Å². The Morgan fingerprint density at radius 2 is 1.47 bits per heavy atom. The van der Waals surface area contributed by atoms with Gasteiger partial charge in [0.25, 0.3) is 0 Å². The summed E-state index contributed by atoms with van der Waals surface area (Å²) >= 11 is 5.73. The molecule has 2 aromatic rings. The second kappa shape index (κ2) is 25.1. The van der Waals surface area contributed by atoms with Gasteiger partial charge in [-0.1, -0.05) is 90.4 Å². The van der Waals surface area contributed by atoms with Crippen LogP contribution >= 0.6 is 6.49 Å². The van der Waals surface area contributed by atoms with Crippen molar-refractivity contribution in [3.63, 3.8) is 0 Å². The molecule has 0 aliphatic carbocycles. The Labute approximate surface area is 287 Å². The average Bonchev–Trinajstić information content (AvgIpc) is 3.44. The van der Waals surface area contributed by atoms with Gasteiger partial charge in [0.05, 0.1) is 31.7 Å². The highest BCUT2D eigenvalue weighted by Crippen LogP contribution is 2.49. The maximum absolute atomic E-state index is 11.8. The Hall–Kier alpha value is -1.89. The predicted octanol–water partition coefficient (Wildman–Crippen LogP) is 8.52. The normalized spacial score (nSPS) is 13.6. The molecule has 0 aliphatic rings. The van der Waals surface area contributed by atoms with Crippen molar-refractivity contribution < 1.29 is 32.8 Å². The first-order valence-corrected chi connectivity index (χ1v) is 20.4. The fraction of sp³-hybridized carbons (Fsp3) is 0.818. The fourth-order valence-electron chi connectivity index (χ4n) is 4.94. The minimum absolute atomic E-state index is 0.0236. The topological polar surface area (TPSA) is 142 Å². The Kier molecular flexibility index (Phi) is 22.1. The highest BCUT2D eigenvalue weighted by molar-refractivity contribution is 8.09. The number of carbonyl (C=O) groups excluding carboxylic acids is 1. The number of nitrogens with zero attached hydrogens (tertiary/aromatic N) is 4. The monoisotopic (exact) mass is 701 g/mol. The zero-order valence-electron chi connectivity index (χ0n) is 29.2. The first kappa shape index (κ1) is 41.3. The summed E-state index contributed by atoms with van der Waals surface area (Å²) in [6, 6.07) is 0. The van der Waals surface area contributed by atoms with Gasteiger partial charge in [-0.2, -0.15) is 0 Å². The lowest BCUT2D eigenvalue weighted by Gasteiger charge is -2.24. The molecule has 1 unspecified atom stereocenters. The molecule has 2 N–H and O–H groups in total. The summed E-state index contributed by atoms with van der Waals surface area (Å²) in [5, 5.41) is 0. The van der Waals surface area contributed by atoms with E-state index in [1.807, 2.05) is 11.5 Å². The summed E-state index contributed by atoms with van der Waals surface area (Å²) < 4.78 is 35.5. The average molecular weight is 702 g/mol. The highest BCUT2D eigenvalue weighted by Gasteiger charge is 2.23. The largest absolute Gasteiger partial charge is 0.510 e. The van der Waals surface area contributed by atoms with E-state index in [1.54, 1.807) is 20.2 Å². The molecular formula is C33H60N5O7PS. The Bertz CT molecular complexity index is 1160. The van der Waals surface area contributed by atoms with Gasteiger partial charge >= 0.3 is 6.16 Å². The highest BCUT2D eigenvalue weighted by atomic mass is 32.5. The van der Waals surface area contributed by atoms with Crippen LogP contribution in [0.1, 0.15) is 124 Å². The third-order valence-electron chi connectivity index (χ3n) is 7.52. The third-order valence-corrected chi connectivity index (χ3v) is 10.0. The molecule has 0 aromatic carbocycles.